The van der Waals surface area contributed by atoms with E-state index >= 15 is 0 Å². The summed E-state index contributed by atoms with van der Waals surface area (Å²) < 4.78 is 32.9. The molecular formula is C14H21NO4S. The molecule has 0 radical (unpaired) electrons. The molecule has 0 heterocycles. The molecule has 1 aromatic rings. The van der Waals surface area contributed by atoms with Gasteiger partial charge in [0.05, 0.1) is 12.0 Å². The lowest BCUT2D eigenvalue weighted by Crippen LogP contribution is -2.50. The zero-order valence-corrected chi connectivity index (χ0v) is 12.7. The van der Waals surface area contributed by atoms with Gasteiger partial charge in [-0.1, -0.05) is 0 Å². The van der Waals surface area contributed by atoms with Gasteiger partial charge in [-0.3, -0.25) is 0 Å². The standard InChI is InChI=1S/C14H21NO4S/c1-14(7-3-8-14)15-20(17,18)13-5-4-12(19-2)10-11(13)6-9-16/h4-5,10,15-16H,3,6-9H2,1-2H3. The monoisotopic (exact) mass is 299 g/mol. The largest absolute Gasteiger partial charge is 0.497 e. The predicted octanol–water partition coefficient (Wildman–Crippen LogP) is 1.45. The van der Waals surface area contributed by atoms with Gasteiger partial charge in [0.1, 0.15) is 5.75 Å². The molecule has 1 saturated carbocycles. The number of aliphatic hydroxyl groups is 1. The van der Waals surface area contributed by atoms with E-state index in [1.54, 1.807) is 12.1 Å². The van der Waals surface area contributed by atoms with E-state index in [1.807, 2.05) is 6.92 Å². The molecule has 0 spiro atoms. The first-order valence-corrected chi connectivity index (χ1v) is 8.20. The zero-order valence-electron chi connectivity index (χ0n) is 11.8. The third kappa shape index (κ3) is 3.13. The molecule has 0 aromatic heterocycles. The first-order chi connectivity index (χ1) is 9.40. The summed E-state index contributed by atoms with van der Waals surface area (Å²) in [6.07, 6.45) is 3.05. The summed E-state index contributed by atoms with van der Waals surface area (Å²) in [6.45, 7) is 1.82. The molecule has 2 rings (SSSR count). The highest BCUT2D eigenvalue weighted by atomic mass is 32.2. The van der Waals surface area contributed by atoms with Crippen LogP contribution in [-0.2, 0) is 16.4 Å². The summed E-state index contributed by atoms with van der Waals surface area (Å²) in [5.41, 5.74) is 0.233. The molecular weight excluding hydrogens is 278 g/mol. The molecule has 0 bridgehead atoms. The second-order valence-electron chi connectivity index (χ2n) is 5.47. The number of hydrogen-bond donors (Lipinski definition) is 2. The topological polar surface area (TPSA) is 75.6 Å². The number of benzene rings is 1. The Kier molecular flexibility index (Phi) is 4.36. The Hall–Kier alpha value is -1.11. The Morgan fingerprint density at radius 2 is 2.10 bits per heavy atom. The van der Waals surface area contributed by atoms with Gasteiger partial charge in [-0.2, -0.15) is 0 Å². The van der Waals surface area contributed by atoms with E-state index in [-0.39, 0.29) is 23.5 Å². The van der Waals surface area contributed by atoms with E-state index in [4.69, 9.17) is 9.84 Å². The van der Waals surface area contributed by atoms with Crippen molar-refractivity contribution >= 4 is 10.0 Å². The molecule has 0 saturated heterocycles. The van der Waals surface area contributed by atoms with Crippen molar-refractivity contribution in [3.05, 3.63) is 23.8 Å². The van der Waals surface area contributed by atoms with Crippen LogP contribution in [0.3, 0.4) is 0 Å². The normalized spacial score (nSPS) is 17.6. The Balaban J connectivity index is 2.34. The fourth-order valence-corrected chi connectivity index (χ4v) is 4.17. The van der Waals surface area contributed by atoms with E-state index in [0.29, 0.717) is 11.3 Å². The zero-order chi connectivity index (χ0) is 14.8. The van der Waals surface area contributed by atoms with Gasteiger partial charge >= 0.3 is 0 Å². The highest BCUT2D eigenvalue weighted by Crippen LogP contribution is 2.33. The third-order valence-electron chi connectivity index (χ3n) is 3.78. The maximum Gasteiger partial charge on any atom is 0.241 e. The molecule has 6 heteroatoms. The maximum absolute atomic E-state index is 12.5. The lowest BCUT2D eigenvalue weighted by Gasteiger charge is -2.38. The summed E-state index contributed by atoms with van der Waals surface area (Å²) in [6, 6.07) is 4.82. The summed E-state index contributed by atoms with van der Waals surface area (Å²) in [5.74, 6) is 0.585. The number of hydrogen-bond acceptors (Lipinski definition) is 4. The summed E-state index contributed by atoms with van der Waals surface area (Å²) >= 11 is 0. The Morgan fingerprint density at radius 3 is 2.60 bits per heavy atom. The molecule has 1 aliphatic rings. The number of rotatable bonds is 6. The Labute approximate surface area is 120 Å². The smallest absolute Gasteiger partial charge is 0.241 e. The molecule has 2 N–H and O–H groups in total. The van der Waals surface area contributed by atoms with Crippen molar-refractivity contribution in [2.24, 2.45) is 0 Å². The molecule has 1 fully saturated rings. The van der Waals surface area contributed by atoms with Crippen LogP contribution in [0, 0.1) is 0 Å². The molecule has 1 aromatic carbocycles. The van der Waals surface area contributed by atoms with Crippen LogP contribution >= 0.6 is 0 Å². The van der Waals surface area contributed by atoms with Gasteiger partial charge in [-0.15, -0.1) is 0 Å². The van der Waals surface area contributed by atoms with Gasteiger partial charge < -0.3 is 9.84 Å². The minimum absolute atomic E-state index is 0.104. The number of methoxy groups -OCH3 is 1. The molecule has 1 aliphatic carbocycles. The second kappa shape index (κ2) is 5.71. The number of ether oxygens (including phenoxy) is 1. The summed E-state index contributed by atoms with van der Waals surface area (Å²) in [5, 5.41) is 9.11. The van der Waals surface area contributed by atoms with Crippen LogP contribution in [0.5, 0.6) is 5.75 Å². The van der Waals surface area contributed by atoms with Gasteiger partial charge in [0.15, 0.2) is 0 Å². The minimum Gasteiger partial charge on any atom is -0.497 e. The highest BCUT2D eigenvalue weighted by molar-refractivity contribution is 7.89. The van der Waals surface area contributed by atoms with Gasteiger partial charge in [-0.05, 0) is 56.4 Å². The summed E-state index contributed by atoms with van der Waals surface area (Å²) in [7, 11) is -2.05. The average molecular weight is 299 g/mol. The predicted molar refractivity (Wildman–Crippen MR) is 76.4 cm³/mol. The van der Waals surface area contributed by atoms with Crippen molar-refractivity contribution in [2.75, 3.05) is 13.7 Å². The summed E-state index contributed by atoms with van der Waals surface area (Å²) in [4.78, 5) is 0.223. The van der Waals surface area contributed by atoms with Gasteiger partial charge in [0, 0.05) is 12.1 Å². The van der Waals surface area contributed by atoms with Crippen molar-refractivity contribution in [2.45, 2.75) is 43.0 Å². The van der Waals surface area contributed by atoms with E-state index in [9.17, 15) is 8.42 Å². The molecule has 112 valence electrons. The Morgan fingerprint density at radius 1 is 1.40 bits per heavy atom. The first kappa shape index (κ1) is 15.3. The van der Waals surface area contributed by atoms with Gasteiger partial charge in [0.25, 0.3) is 0 Å². The van der Waals surface area contributed by atoms with Crippen molar-refractivity contribution in [3.8, 4) is 5.75 Å². The van der Waals surface area contributed by atoms with Crippen LogP contribution in [0.15, 0.2) is 23.1 Å². The van der Waals surface area contributed by atoms with Crippen LogP contribution in [0.1, 0.15) is 31.7 Å². The number of nitrogens with one attached hydrogen (secondary N) is 1. The molecule has 0 atom stereocenters. The fourth-order valence-electron chi connectivity index (χ4n) is 2.45. The SMILES string of the molecule is COc1ccc(S(=O)(=O)NC2(C)CCC2)c(CCO)c1. The van der Waals surface area contributed by atoms with Crippen molar-refractivity contribution in [1.29, 1.82) is 0 Å². The fraction of sp³-hybridized carbons (Fsp3) is 0.571. The van der Waals surface area contributed by atoms with Gasteiger partial charge in [-0.25, -0.2) is 13.1 Å². The highest BCUT2D eigenvalue weighted by Gasteiger charge is 2.36. The van der Waals surface area contributed by atoms with Crippen LogP contribution in [0.25, 0.3) is 0 Å². The molecule has 5 nitrogen and oxygen atoms in total. The third-order valence-corrected chi connectivity index (χ3v) is 5.52. The lowest BCUT2D eigenvalue weighted by molar-refractivity contribution is 0.248. The van der Waals surface area contributed by atoms with Crippen LogP contribution in [-0.4, -0.2) is 32.8 Å². The van der Waals surface area contributed by atoms with E-state index in [1.165, 1.54) is 13.2 Å². The quantitative estimate of drug-likeness (QED) is 0.833. The minimum atomic E-state index is -3.57. The molecule has 0 unspecified atom stereocenters. The number of sulfonamides is 1. The van der Waals surface area contributed by atoms with Crippen molar-refractivity contribution in [1.82, 2.24) is 4.72 Å². The average Bonchev–Trinajstić information content (AvgIpc) is 2.36. The number of aliphatic hydroxyl groups excluding tert-OH is 1. The van der Waals surface area contributed by atoms with Gasteiger partial charge in [0.2, 0.25) is 10.0 Å². The van der Waals surface area contributed by atoms with Crippen LogP contribution in [0.2, 0.25) is 0 Å². The van der Waals surface area contributed by atoms with E-state index in [2.05, 4.69) is 4.72 Å². The maximum atomic E-state index is 12.5. The van der Waals surface area contributed by atoms with Crippen LogP contribution < -0.4 is 9.46 Å². The second-order valence-corrected chi connectivity index (χ2v) is 7.12. The van der Waals surface area contributed by atoms with E-state index in [0.717, 1.165) is 19.3 Å². The van der Waals surface area contributed by atoms with E-state index < -0.39 is 10.0 Å². The van der Waals surface area contributed by atoms with Crippen molar-refractivity contribution in [3.63, 3.8) is 0 Å². The van der Waals surface area contributed by atoms with Crippen molar-refractivity contribution < 1.29 is 18.3 Å². The molecule has 0 amide bonds. The Bertz CT molecular complexity index is 579. The first-order valence-electron chi connectivity index (χ1n) is 6.72. The molecule has 20 heavy (non-hydrogen) atoms. The lowest BCUT2D eigenvalue weighted by atomic mass is 9.80. The molecule has 0 aliphatic heterocycles. The van der Waals surface area contributed by atoms with Crippen LogP contribution in [0.4, 0.5) is 0 Å².